The van der Waals surface area contributed by atoms with Gasteiger partial charge in [0.2, 0.25) is 0 Å². The molecule has 1 aliphatic rings. The Balaban J connectivity index is 1.65. The average Bonchev–Trinajstić information content (AvgIpc) is 3.28. The minimum absolute atomic E-state index is 0.238. The van der Waals surface area contributed by atoms with Gasteiger partial charge in [0.1, 0.15) is 5.75 Å². The molecule has 42 heavy (non-hydrogen) atoms. The Hall–Kier alpha value is -3.90. The van der Waals surface area contributed by atoms with E-state index in [9.17, 15) is 9.59 Å². The van der Waals surface area contributed by atoms with E-state index >= 15 is 0 Å². The molecule has 0 radical (unpaired) electrons. The number of hydrogen-bond donors (Lipinski definition) is 1. The van der Waals surface area contributed by atoms with Crippen LogP contribution in [0.3, 0.4) is 0 Å². The number of hydrogen-bond acceptors (Lipinski definition) is 7. The Morgan fingerprint density at radius 2 is 1.79 bits per heavy atom. The molecule has 0 spiro atoms. The largest absolute Gasteiger partial charge is 0.494 e. The van der Waals surface area contributed by atoms with Gasteiger partial charge in [-0.2, -0.15) is 0 Å². The molecule has 1 amide bonds. The molecule has 8 nitrogen and oxygen atoms in total. The summed E-state index contributed by atoms with van der Waals surface area (Å²) in [6.07, 6.45) is 1.82. The van der Waals surface area contributed by atoms with Crippen LogP contribution in [0.4, 0.5) is 5.69 Å². The van der Waals surface area contributed by atoms with Crippen LogP contribution in [0.5, 0.6) is 17.2 Å². The number of aromatic nitrogens is 1. The van der Waals surface area contributed by atoms with Gasteiger partial charge in [-0.15, -0.1) is 0 Å². The van der Waals surface area contributed by atoms with Gasteiger partial charge >= 0.3 is 0 Å². The second-order valence-electron chi connectivity index (χ2n) is 9.37. The van der Waals surface area contributed by atoms with E-state index in [0.717, 1.165) is 14.7 Å². The molecule has 1 atom stereocenters. The third kappa shape index (κ3) is 6.00. The first-order valence-electron chi connectivity index (χ1n) is 13.5. The van der Waals surface area contributed by atoms with Gasteiger partial charge in [0.15, 0.2) is 16.3 Å². The zero-order valence-corrected chi connectivity index (χ0v) is 26.6. The summed E-state index contributed by atoms with van der Waals surface area (Å²) in [6, 6.07) is 19.8. The molecular formula is C32H30IN3O5S. The number of benzene rings is 3. The molecule has 4 aromatic rings. The molecule has 0 unspecified atom stereocenters. The molecule has 1 aliphatic heterocycles. The summed E-state index contributed by atoms with van der Waals surface area (Å²) in [6.45, 7) is 6.69. The topological polar surface area (TPSA) is 91.2 Å². The number of fused-ring (bicyclic) bond motifs is 1. The molecule has 10 heteroatoms. The molecule has 0 bridgehead atoms. The van der Waals surface area contributed by atoms with Gasteiger partial charge in [-0.3, -0.25) is 14.2 Å². The Bertz CT molecular complexity index is 1830. The van der Waals surface area contributed by atoms with E-state index in [1.165, 1.54) is 11.3 Å². The minimum Gasteiger partial charge on any atom is -0.494 e. The number of ether oxygens (including phenoxy) is 3. The van der Waals surface area contributed by atoms with Crippen molar-refractivity contribution in [2.45, 2.75) is 26.8 Å². The Morgan fingerprint density at radius 3 is 2.45 bits per heavy atom. The van der Waals surface area contributed by atoms with Crippen molar-refractivity contribution in [3.8, 4) is 17.2 Å². The number of anilines is 1. The van der Waals surface area contributed by atoms with Crippen molar-refractivity contribution < 1.29 is 19.0 Å². The number of thiazole rings is 1. The molecule has 0 saturated heterocycles. The summed E-state index contributed by atoms with van der Waals surface area (Å²) < 4.78 is 19.9. The maximum absolute atomic E-state index is 14.1. The van der Waals surface area contributed by atoms with Crippen molar-refractivity contribution >= 4 is 51.6 Å². The molecule has 3 aromatic carbocycles. The van der Waals surface area contributed by atoms with Crippen LogP contribution in [0.25, 0.3) is 6.08 Å². The fourth-order valence-electron chi connectivity index (χ4n) is 4.82. The molecule has 216 valence electrons. The lowest BCUT2D eigenvalue weighted by Gasteiger charge is -2.25. The Morgan fingerprint density at radius 1 is 1.07 bits per heavy atom. The molecule has 0 fully saturated rings. The smallest absolute Gasteiger partial charge is 0.271 e. The molecule has 1 aromatic heterocycles. The van der Waals surface area contributed by atoms with E-state index in [0.29, 0.717) is 56.8 Å². The first-order chi connectivity index (χ1) is 20.3. The van der Waals surface area contributed by atoms with E-state index in [1.807, 2.05) is 86.7 Å². The van der Waals surface area contributed by atoms with Crippen molar-refractivity contribution in [2.24, 2.45) is 4.99 Å². The number of nitrogens with zero attached hydrogens (tertiary/aromatic N) is 2. The fraction of sp³-hybridized carbons (Fsp3) is 0.219. The summed E-state index contributed by atoms with van der Waals surface area (Å²) in [4.78, 5) is 33.1. The van der Waals surface area contributed by atoms with Crippen molar-refractivity contribution in [1.82, 2.24) is 4.57 Å². The molecule has 2 heterocycles. The number of rotatable bonds is 9. The SMILES string of the molecule is CCOc1ccc([C@@H]2C(C(=O)Nc3ccccc3)=C(C)N=c3s/c(=C\c4cc(I)c(OCC)c(OC)c4)c(=O)n32)cc1. The number of para-hydroxylation sites is 1. The number of carbonyl (C=O) groups is 1. The van der Waals surface area contributed by atoms with Gasteiger partial charge in [-0.05, 0) is 97.0 Å². The van der Waals surface area contributed by atoms with Crippen LogP contribution in [0, 0.1) is 3.57 Å². The highest BCUT2D eigenvalue weighted by Crippen LogP contribution is 2.35. The second-order valence-corrected chi connectivity index (χ2v) is 11.5. The predicted molar refractivity (Wildman–Crippen MR) is 173 cm³/mol. The van der Waals surface area contributed by atoms with E-state index < -0.39 is 6.04 Å². The number of amides is 1. The Kier molecular flexibility index (Phi) is 9.12. The highest BCUT2D eigenvalue weighted by Gasteiger charge is 2.32. The van der Waals surface area contributed by atoms with E-state index in [2.05, 4.69) is 27.9 Å². The normalized spacial score (nSPS) is 14.7. The van der Waals surface area contributed by atoms with Crippen LogP contribution in [0.1, 0.15) is 37.9 Å². The number of carbonyl (C=O) groups excluding carboxylic acids is 1. The van der Waals surface area contributed by atoms with Gasteiger partial charge < -0.3 is 19.5 Å². The van der Waals surface area contributed by atoms with E-state index in [1.54, 1.807) is 18.6 Å². The lowest BCUT2D eigenvalue weighted by Crippen LogP contribution is -2.40. The average molecular weight is 696 g/mol. The first kappa shape index (κ1) is 29.6. The monoisotopic (exact) mass is 695 g/mol. The van der Waals surface area contributed by atoms with Crippen LogP contribution < -0.4 is 34.4 Å². The third-order valence-electron chi connectivity index (χ3n) is 6.64. The van der Waals surface area contributed by atoms with Crippen LogP contribution >= 0.6 is 33.9 Å². The molecule has 0 aliphatic carbocycles. The number of methoxy groups -OCH3 is 1. The van der Waals surface area contributed by atoms with Gasteiger partial charge in [0.25, 0.3) is 11.5 Å². The highest BCUT2D eigenvalue weighted by molar-refractivity contribution is 14.1. The molecular weight excluding hydrogens is 665 g/mol. The van der Waals surface area contributed by atoms with E-state index in [-0.39, 0.29) is 11.5 Å². The van der Waals surface area contributed by atoms with Crippen LogP contribution in [-0.4, -0.2) is 30.8 Å². The summed E-state index contributed by atoms with van der Waals surface area (Å²) in [7, 11) is 1.59. The minimum atomic E-state index is -0.683. The summed E-state index contributed by atoms with van der Waals surface area (Å²) >= 11 is 3.49. The van der Waals surface area contributed by atoms with Gasteiger partial charge in [-0.25, -0.2) is 4.99 Å². The van der Waals surface area contributed by atoms with Crippen molar-refractivity contribution in [3.63, 3.8) is 0 Å². The number of halogens is 1. The van der Waals surface area contributed by atoms with Crippen molar-refractivity contribution in [2.75, 3.05) is 25.6 Å². The maximum atomic E-state index is 14.1. The predicted octanol–water partition coefficient (Wildman–Crippen LogP) is 5.28. The zero-order valence-electron chi connectivity index (χ0n) is 23.6. The van der Waals surface area contributed by atoms with Gasteiger partial charge in [-0.1, -0.05) is 41.7 Å². The van der Waals surface area contributed by atoms with Gasteiger partial charge in [0, 0.05) is 5.69 Å². The lowest BCUT2D eigenvalue weighted by molar-refractivity contribution is -0.113. The highest BCUT2D eigenvalue weighted by atomic mass is 127. The number of nitrogens with one attached hydrogen (secondary N) is 1. The van der Waals surface area contributed by atoms with Gasteiger partial charge in [0.05, 0.1) is 45.7 Å². The fourth-order valence-corrected chi connectivity index (χ4v) is 6.65. The molecule has 0 saturated carbocycles. The maximum Gasteiger partial charge on any atom is 0.271 e. The van der Waals surface area contributed by atoms with E-state index in [4.69, 9.17) is 19.2 Å². The van der Waals surface area contributed by atoms with Crippen molar-refractivity contribution in [1.29, 1.82) is 0 Å². The second kappa shape index (κ2) is 13.0. The lowest BCUT2D eigenvalue weighted by atomic mass is 9.95. The van der Waals surface area contributed by atoms with Crippen LogP contribution in [0.15, 0.2) is 87.8 Å². The summed E-state index contributed by atoms with van der Waals surface area (Å²) in [5.74, 6) is 1.65. The molecule has 1 N–H and O–H groups in total. The molecule has 5 rings (SSSR count). The summed E-state index contributed by atoms with van der Waals surface area (Å²) in [5, 5.41) is 2.98. The summed E-state index contributed by atoms with van der Waals surface area (Å²) in [5.41, 5.74) is 2.94. The van der Waals surface area contributed by atoms with Crippen LogP contribution in [-0.2, 0) is 4.79 Å². The van der Waals surface area contributed by atoms with Crippen LogP contribution in [0.2, 0.25) is 0 Å². The third-order valence-corrected chi connectivity index (χ3v) is 8.43. The Labute approximate surface area is 261 Å². The zero-order chi connectivity index (χ0) is 29.8. The standard InChI is InChI=1S/C32H30IN3O5S/c1-5-40-23-14-12-21(13-15-23)28-27(30(37)35-22-10-8-7-9-11-22)19(3)34-32-36(28)31(38)26(42-32)18-20-16-24(33)29(41-6-2)25(17-20)39-4/h7-18,28H,5-6H2,1-4H3,(H,35,37)/b26-18-/t28-/m1/s1. The number of allylic oxidation sites excluding steroid dienone is 1. The first-order valence-corrected chi connectivity index (χ1v) is 15.4. The van der Waals surface area contributed by atoms with Crippen molar-refractivity contribution in [3.05, 3.63) is 112 Å². The quantitative estimate of drug-likeness (QED) is 0.241.